The van der Waals surface area contributed by atoms with Crippen LogP contribution in [0.4, 0.5) is 4.79 Å². The molecule has 6 N–H and O–H groups in total. The van der Waals surface area contributed by atoms with Crippen LogP contribution in [0, 0.1) is 0 Å². The molecule has 0 aliphatic rings. The second kappa shape index (κ2) is 14.1. The Morgan fingerprint density at radius 3 is 1.10 bits per heavy atom. The van der Waals surface area contributed by atoms with Crippen LogP contribution < -0.4 is 0 Å². The van der Waals surface area contributed by atoms with Crippen LogP contribution in [0.2, 0.25) is 0 Å². The zero-order valence-electron chi connectivity index (χ0n) is 8.64. The minimum Gasteiger partial charge on any atom is -0.481 e. The fourth-order valence-electron chi connectivity index (χ4n) is 0.714. The SMILES string of the molecule is Cl.O=C(O)CC(O)(CC(=O)O)C(=O)O.O=C(O)O.[AlH3].[SiH4]. The summed E-state index contributed by atoms with van der Waals surface area (Å²) >= 11 is 0. The lowest BCUT2D eigenvalue weighted by Gasteiger charge is -2.18. The van der Waals surface area contributed by atoms with Crippen LogP contribution in [0.1, 0.15) is 12.8 Å². The van der Waals surface area contributed by atoms with E-state index in [0.717, 1.165) is 0 Å². The Morgan fingerprint density at radius 1 is 0.800 bits per heavy atom. The molecule has 13 heteroatoms. The number of aliphatic carboxylic acids is 3. The predicted molar refractivity (Wildman–Crippen MR) is 76.3 cm³/mol. The van der Waals surface area contributed by atoms with E-state index in [1.165, 1.54) is 0 Å². The normalized spacial score (nSPS) is 8.25. The summed E-state index contributed by atoms with van der Waals surface area (Å²) < 4.78 is 0. The Balaban J connectivity index is -0.0000000951. The van der Waals surface area contributed by atoms with Gasteiger partial charge in [0.1, 0.15) is 0 Å². The van der Waals surface area contributed by atoms with E-state index >= 15 is 0 Å². The third kappa shape index (κ3) is 19.0. The maximum Gasteiger partial charge on any atom is 0.503 e. The Bertz CT molecular complexity index is 316. The van der Waals surface area contributed by atoms with Crippen LogP contribution in [0.15, 0.2) is 0 Å². The first-order valence-electron chi connectivity index (χ1n) is 3.82. The Morgan fingerprint density at radius 2 is 1.00 bits per heavy atom. The van der Waals surface area contributed by atoms with Gasteiger partial charge < -0.3 is 30.6 Å². The van der Waals surface area contributed by atoms with E-state index in [0.29, 0.717) is 0 Å². The highest BCUT2D eigenvalue weighted by Crippen LogP contribution is 2.15. The molecule has 0 aliphatic carbocycles. The van der Waals surface area contributed by atoms with Crippen molar-refractivity contribution < 1.29 is 49.8 Å². The molecule has 0 atom stereocenters. The van der Waals surface area contributed by atoms with Gasteiger partial charge in [0.25, 0.3) is 0 Å². The van der Waals surface area contributed by atoms with Gasteiger partial charge in [0.2, 0.25) is 0 Å². The lowest BCUT2D eigenvalue weighted by Crippen LogP contribution is -2.42. The van der Waals surface area contributed by atoms with Crippen molar-refractivity contribution in [1.29, 1.82) is 0 Å². The summed E-state index contributed by atoms with van der Waals surface area (Å²) in [4.78, 5) is 39.0. The molecule has 0 radical (unpaired) electrons. The van der Waals surface area contributed by atoms with E-state index in [1.807, 2.05) is 0 Å². The summed E-state index contributed by atoms with van der Waals surface area (Å²) in [5.41, 5.74) is -2.74. The van der Waals surface area contributed by atoms with E-state index in [2.05, 4.69) is 0 Å². The molecule has 0 saturated carbocycles. The third-order valence-corrected chi connectivity index (χ3v) is 1.29. The lowest BCUT2D eigenvalue weighted by molar-refractivity contribution is -0.170. The van der Waals surface area contributed by atoms with Crippen molar-refractivity contribution in [3.8, 4) is 0 Å². The number of hydrogen-bond donors (Lipinski definition) is 6. The number of aliphatic hydroxyl groups is 1. The van der Waals surface area contributed by atoms with Crippen molar-refractivity contribution in [2.45, 2.75) is 18.4 Å². The summed E-state index contributed by atoms with van der Waals surface area (Å²) in [5, 5.41) is 47.8. The number of carboxylic acids is 3. The van der Waals surface area contributed by atoms with Gasteiger partial charge in [0.15, 0.2) is 23.0 Å². The number of halogens is 1. The second-order valence-electron chi connectivity index (χ2n) is 2.76. The van der Waals surface area contributed by atoms with Crippen molar-refractivity contribution in [2.75, 3.05) is 0 Å². The topological polar surface area (TPSA) is 190 Å². The number of hydrogen-bond acceptors (Lipinski definition) is 5. The molecule has 0 aliphatic heterocycles. The van der Waals surface area contributed by atoms with Crippen molar-refractivity contribution in [3.63, 3.8) is 0 Å². The molecule has 0 fully saturated rings. The molecular formula is C7H18AlClO10Si. The minimum absolute atomic E-state index is 0. The summed E-state index contributed by atoms with van der Waals surface area (Å²) in [6.07, 6.45) is -4.12. The van der Waals surface area contributed by atoms with E-state index < -0.39 is 42.5 Å². The summed E-state index contributed by atoms with van der Waals surface area (Å²) in [6, 6.07) is 0. The molecule has 0 amide bonds. The smallest absolute Gasteiger partial charge is 0.481 e. The van der Waals surface area contributed by atoms with Crippen molar-refractivity contribution in [1.82, 2.24) is 0 Å². The van der Waals surface area contributed by atoms with Crippen molar-refractivity contribution >= 4 is 64.8 Å². The second-order valence-corrected chi connectivity index (χ2v) is 2.76. The largest absolute Gasteiger partial charge is 0.503 e. The van der Waals surface area contributed by atoms with Gasteiger partial charge in [0, 0.05) is 0 Å². The molecule has 0 bridgehead atoms. The third-order valence-electron chi connectivity index (χ3n) is 1.29. The van der Waals surface area contributed by atoms with Gasteiger partial charge in [-0.25, -0.2) is 9.59 Å². The Kier molecular flexibility index (Phi) is 22.0. The predicted octanol–water partition coefficient (Wildman–Crippen LogP) is -3.24. The first-order valence-corrected chi connectivity index (χ1v) is 3.82. The van der Waals surface area contributed by atoms with Crippen LogP contribution in [0.5, 0.6) is 0 Å². The highest BCUT2D eigenvalue weighted by atomic mass is 35.5. The molecule has 10 nitrogen and oxygen atoms in total. The summed E-state index contributed by atoms with van der Waals surface area (Å²) in [5.74, 6) is -5.02. The molecule has 0 rings (SSSR count). The van der Waals surface area contributed by atoms with Crippen LogP contribution in [0.3, 0.4) is 0 Å². The molecule has 120 valence electrons. The van der Waals surface area contributed by atoms with E-state index in [-0.39, 0.29) is 40.7 Å². The van der Waals surface area contributed by atoms with Crippen LogP contribution in [-0.4, -0.2) is 88.6 Å². The first-order chi connectivity index (χ1) is 7.51. The number of rotatable bonds is 5. The van der Waals surface area contributed by atoms with Crippen molar-refractivity contribution in [3.05, 3.63) is 0 Å². The van der Waals surface area contributed by atoms with Gasteiger partial charge >= 0.3 is 24.1 Å². The molecule has 0 spiro atoms. The van der Waals surface area contributed by atoms with Gasteiger partial charge in [-0.3, -0.25) is 9.59 Å². The zero-order valence-corrected chi connectivity index (χ0v) is 9.46. The van der Waals surface area contributed by atoms with Crippen LogP contribution in [0.25, 0.3) is 0 Å². The van der Waals surface area contributed by atoms with E-state index in [1.54, 1.807) is 0 Å². The Hall–Kier alpha value is -1.32. The van der Waals surface area contributed by atoms with Gasteiger partial charge in [-0.05, 0) is 11.0 Å². The quantitative estimate of drug-likeness (QED) is 0.274. The first kappa shape index (κ1) is 31.2. The minimum atomic E-state index is -2.74. The zero-order chi connectivity index (χ0) is 14.2. The molecule has 0 aromatic carbocycles. The van der Waals surface area contributed by atoms with Gasteiger partial charge in [0.05, 0.1) is 12.8 Å². The Labute approximate surface area is 133 Å². The fraction of sp³-hybridized carbons (Fsp3) is 0.429. The van der Waals surface area contributed by atoms with E-state index in [9.17, 15) is 14.4 Å². The standard InChI is InChI=1S/C6H8O7.CH2O3.Al.ClH.H4Si.3H/c7-3(8)1-6(13,5(11)12)2-4(9)10;2-1(3)4;;;;;;/h13H,1-2H2,(H,7,8)(H,9,10)(H,11,12);(H2,2,3,4);;1H;1H4;;;. The highest BCUT2D eigenvalue weighted by molar-refractivity contribution is 5.88. The monoisotopic (exact) mass is 352 g/mol. The summed E-state index contributed by atoms with van der Waals surface area (Å²) in [6.45, 7) is 0. The van der Waals surface area contributed by atoms with Gasteiger partial charge in [-0.15, -0.1) is 12.4 Å². The maximum absolute atomic E-state index is 10.3. The molecule has 0 aromatic heterocycles. The summed E-state index contributed by atoms with van der Waals surface area (Å²) in [7, 11) is 0. The molecule has 0 saturated heterocycles. The molecular weight excluding hydrogens is 335 g/mol. The average molecular weight is 353 g/mol. The number of carboxylic acid groups (broad SMARTS) is 5. The molecule has 0 unspecified atom stereocenters. The lowest BCUT2D eigenvalue weighted by atomic mass is 9.96. The van der Waals surface area contributed by atoms with Crippen LogP contribution >= 0.6 is 12.4 Å². The maximum atomic E-state index is 10.3. The fourth-order valence-corrected chi connectivity index (χ4v) is 0.714. The van der Waals surface area contributed by atoms with E-state index in [4.69, 9.17) is 35.4 Å². The highest BCUT2D eigenvalue weighted by Gasteiger charge is 2.40. The number of carbonyl (C=O) groups is 4. The van der Waals surface area contributed by atoms with Crippen molar-refractivity contribution in [2.24, 2.45) is 0 Å². The van der Waals surface area contributed by atoms with Gasteiger partial charge in [-0.2, -0.15) is 0 Å². The van der Waals surface area contributed by atoms with Gasteiger partial charge in [-0.1, -0.05) is 0 Å². The average Bonchev–Trinajstić information content (AvgIpc) is 1.98. The molecule has 0 aromatic rings. The molecule has 20 heavy (non-hydrogen) atoms. The molecule has 0 heterocycles. The van der Waals surface area contributed by atoms with Crippen LogP contribution in [-0.2, 0) is 14.4 Å².